The summed E-state index contributed by atoms with van der Waals surface area (Å²) in [4.78, 5) is 56.7. The molecule has 0 radical (unpaired) electrons. The minimum atomic E-state index is -1.27. The number of aliphatic hydroxyl groups excluding tert-OH is 1. The molecule has 4 heterocycles. The zero-order valence-corrected chi connectivity index (χ0v) is 21.0. The third-order valence-corrected chi connectivity index (χ3v) is 7.19. The average Bonchev–Trinajstić information content (AvgIpc) is 3.36. The number of amides is 1. The second-order valence-corrected chi connectivity index (χ2v) is 10.0. The molecular weight excluding hydrogens is 478 g/mol. The highest BCUT2D eigenvalue weighted by atomic mass is 32.1. The molecule has 2 aromatic rings. The van der Waals surface area contributed by atoms with E-state index in [2.05, 4.69) is 4.98 Å². The van der Waals surface area contributed by atoms with Crippen molar-refractivity contribution < 1.29 is 38.5 Å². The van der Waals surface area contributed by atoms with Gasteiger partial charge in [0.15, 0.2) is 5.78 Å². The number of carbonyl (C=O) groups excluding carboxylic acids is 4. The van der Waals surface area contributed by atoms with E-state index in [9.17, 15) is 24.3 Å². The van der Waals surface area contributed by atoms with Crippen molar-refractivity contribution >= 4 is 45.6 Å². The van der Waals surface area contributed by atoms with Crippen LogP contribution in [0.2, 0.25) is 0 Å². The highest BCUT2D eigenvalue weighted by Gasteiger charge is 2.60. The Hall–Kier alpha value is -3.25. The quantitative estimate of drug-likeness (QED) is 0.260. The molecule has 1 amide bonds. The molecule has 2 aromatic heterocycles. The third kappa shape index (κ3) is 4.20. The summed E-state index contributed by atoms with van der Waals surface area (Å²) in [5, 5.41) is 10.2. The van der Waals surface area contributed by atoms with Crippen LogP contribution in [0.25, 0.3) is 10.4 Å². The molecule has 0 bridgehead atoms. The molecule has 1 unspecified atom stereocenters. The zero-order chi connectivity index (χ0) is 25.8. The molecule has 12 heteroatoms. The second-order valence-electron chi connectivity index (χ2n) is 8.98. The van der Waals surface area contributed by atoms with Gasteiger partial charge in [0.1, 0.15) is 22.5 Å². The van der Waals surface area contributed by atoms with Crippen molar-refractivity contribution in [2.24, 2.45) is 11.8 Å². The molecule has 0 aromatic carbocycles. The maximum absolute atomic E-state index is 13.3. The number of rotatable bonds is 7. The fourth-order valence-electron chi connectivity index (χ4n) is 4.64. The molecule has 0 saturated carbocycles. The number of thiazole rings is 1. The molecule has 0 spiro atoms. The summed E-state index contributed by atoms with van der Waals surface area (Å²) < 4.78 is 16.9. The van der Waals surface area contributed by atoms with E-state index in [0.29, 0.717) is 21.0 Å². The molecule has 1 fully saturated rings. The van der Waals surface area contributed by atoms with Crippen LogP contribution in [0.1, 0.15) is 56.9 Å². The topological polar surface area (TPSA) is 137 Å². The summed E-state index contributed by atoms with van der Waals surface area (Å²) in [6.45, 7) is 9.50. The van der Waals surface area contributed by atoms with Gasteiger partial charge in [-0.25, -0.2) is 14.6 Å². The van der Waals surface area contributed by atoms with Gasteiger partial charge in [-0.05, 0) is 20.8 Å². The van der Waals surface area contributed by atoms with Gasteiger partial charge in [-0.3, -0.25) is 14.0 Å². The van der Waals surface area contributed by atoms with Crippen molar-refractivity contribution in [3.63, 3.8) is 0 Å². The van der Waals surface area contributed by atoms with Crippen LogP contribution < -0.4 is 0 Å². The van der Waals surface area contributed by atoms with Crippen LogP contribution in [0.4, 0.5) is 4.79 Å². The lowest BCUT2D eigenvalue weighted by atomic mass is 9.77. The second kappa shape index (κ2) is 9.08. The standard InChI is InChI=1S/C23H27N3O8S/c1-9(2)32-23(31)34-13(6)33-22(30)19-15(10(3)18-16(11(4)27)20(29)26(18)19)14-7-25-8-24-17(12(5)28)21(25)35-14/h7-11,13,16,18,27H,1-6H3/t10-,11+,13?,16+,18+/m0/s1. The van der Waals surface area contributed by atoms with Gasteiger partial charge >= 0.3 is 12.1 Å². The van der Waals surface area contributed by atoms with E-state index in [4.69, 9.17) is 14.2 Å². The summed E-state index contributed by atoms with van der Waals surface area (Å²) in [7, 11) is 0. The predicted octanol–water partition coefficient (Wildman–Crippen LogP) is 2.62. The van der Waals surface area contributed by atoms with Gasteiger partial charge in [0, 0.05) is 31.5 Å². The van der Waals surface area contributed by atoms with Gasteiger partial charge < -0.3 is 24.2 Å². The van der Waals surface area contributed by atoms with E-state index in [1.807, 2.05) is 6.92 Å². The Morgan fingerprint density at radius 2 is 1.83 bits per heavy atom. The lowest BCUT2D eigenvalue weighted by Crippen LogP contribution is -2.63. The smallest absolute Gasteiger partial charge is 0.431 e. The molecule has 1 N–H and O–H groups in total. The van der Waals surface area contributed by atoms with Crippen molar-refractivity contribution in [3.8, 4) is 0 Å². The molecule has 188 valence electrons. The minimum Gasteiger partial charge on any atom is -0.431 e. The monoisotopic (exact) mass is 505 g/mol. The Bertz CT molecular complexity index is 1240. The van der Waals surface area contributed by atoms with Gasteiger partial charge in [0.05, 0.1) is 29.0 Å². The molecular formula is C23H27N3O8S. The summed E-state index contributed by atoms with van der Waals surface area (Å²) in [5.41, 5.74) is 0.888. The Morgan fingerprint density at radius 1 is 1.14 bits per heavy atom. The fourth-order valence-corrected chi connectivity index (χ4v) is 5.90. The summed E-state index contributed by atoms with van der Waals surface area (Å²) in [6, 6.07) is -0.436. The molecule has 4 rings (SSSR count). The first-order chi connectivity index (χ1) is 16.4. The Labute approximate surface area is 205 Å². The lowest BCUT2D eigenvalue weighted by molar-refractivity contribution is -0.174. The van der Waals surface area contributed by atoms with E-state index in [-0.39, 0.29) is 23.3 Å². The van der Waals surface area contributed by atoms with Crippen LogP contribution in [-0.2, 0) is 23.8 Å². The molecule has 11 nitrogen and oxygen atoms in total. The van der Waals surface area contributed by atoms with Crippen molar-refractivity contribution in [1.82, 2.24) is 14.3 Å². The van der Waals surface area contributed by atoms with Gasteiger partial charge in [-0.2, -0.15) is 0 Å². The van der Waals surface area contributed by atoms with E-state index >= 15 is 0 Å². The molecule has 0 aliphatic carbocycles. The van der Waals surface area contributed by atoms with E-state index in [1.165, 1.54) is 36.4 Å². The first-order valence-corrected chi connectivity index (χ1v) is 12.0. The highest BCUT2D eigenvalue weighted by molar-refractivity contribution is 7.18. The van der Waals surface area contributed by atoms with Gasteiger partial charge in [0.2, 0.25) is 12.2 Å². The maximum Gasteiger partial charge on any atom is 0.511 e. The number of nitrogens with zero attached hydrogens (tertiary/aromatic N) is 3. The van der Waals surface area contributed by atoms with Crippen LogP contribution in [0, 0.1) is 11.8 Å². The largest absolute Gasteiger partial charge is 0.511 e. The van der Waals surface area contributed by atoms with Crippen molar-refractivity contribution in [3.05, 3.63) is 28.8 Å². The van der Waals surface area contributed by atoms with Crippen LogP contribution in [0.5, 0.6) is 0 Å². The lowest BCUT2D eigenvalue weighted by Gasteiger charge is -2.46. The molecule has 2 aliphatic heterocycles. The molecule has 5 atom stereocenters. The average molecular weight is 506 g/mol. The first-order valence-electron chi connectivity index (χ1n) is 11.2. The van der Waals surface area contributed by atoms with Gasteiger partial charge in [-0.1, -0.05) is 6.92 Å². The number of aromatic nitrogens is 2. The Balaban J connectivity index is 1.71. The highest BCUT2D eigenvalue weighted by Crippen LogP contribution is 2.51. The number of β-lactam (4-membered cyclic amide) rings is 1. The number of Topliss-reactive ketones (excluding diaryl/α,β-unsaturated/α-hetero) is 1. The summed E-state index contributed by atoms with van der Waals surface area (Å²) in [5.74, 6) is -2.41. The normalized spacial score (nSPS) is 23.3. The fraction of sp³-hybridized carbons (Fsp3) is 0.522. The molecule has 35 heavy (non-hydrogen) atoms. The SMILES string of the molecule is CC(=O)c1ncn2cc(C3=C(C(=O)OC(C)OC(=O)OC(C)C)N4C(=O)[C@H]([C@@H](C)O)[C@H]4[C@H]3C)sc12. The van der Waals surface area contributed by atoms with E-state index in [1.54, 1.807) is 31.4 Å². The predicted molar refractivity (Wildman–Crippen MR) is 123 cm³/mol. The third-order valence-electron chi connectivity index (χ3n) is 6.04. The molecule has 1 saturated heterocycles. The van der Waals surface area contributed by atoms with Crippen LogP contribution >= 0.6 is 11.3 Å². The summed E-state index contributed by atoms with van der Waals surface area (Å²) >= 11 is 1.27. The molecule has 2 aliphatic rings. The van der Waals surface area contributed by atoms with Gasteiger partial charge in [0.25, 0.3) is 0 Å². The number of fused-ring (bicyclic) bond motifs is 2. The summed E-state index contributed by atoms with van der Waals surface area (Å²) in [6.07, 6.45) is -0.313. The Morgan fingerprint density at radius 3 is 2.43 bits per heavy atom. The van der Waals surface area contributed by atoms with Crippen molar-refractivity contribution in [2.45, 2.75) is 66.1 Å². The number of esters is 1. The van der Waals surface area contributed by atoms with Crippen molar-refractivity contribution in [2.75, 3.05) is 0 Å². The zero-order valence-electron chi connectivity index (χ0n) is 20.2. The number of carbonyl (C=O) groups is 4. The Kier molecular flexibility index (Phi) is 6.45. The van der Waals surface area contributed by atoms with Gasteiger partial charge in [-0.15, -0.1) is 11.3 Å². The number of hydrogen-bond acceptors (Lipinski definition) is 10. The van der Waals surface area contributed by atoms with Crippen LogP contribution in [-0.4, -0.2) is 67.7 Å². The minimum absolute atomic E-state index is 0.0268. The van der Waals surface area contributed by atoms with E-state index < -0.39 is 42.6 Å². The van der Waals surface area contributed by atoms with Crippen LogP contribution in [0.15, 0.2) is 18.2 Å². The number of aliphatic hydroxyl groups is 1. The van der Waals surface area contributed by atoms with Crippen LogP contribution in [0.3, 0.4) is 0 Å². The maximum atomic E-state index is 13.3. The van der Waals surface area contributed by atoms with Crippen molar-refractivity contribution in [1.29, 1.82) is 0 Å². The number of ether oxygens (including phenoxy) is 3. The number of hydrogen-bond donors (Lipinski definition) is 1. The number of imidazole rings is 1. The first kappa shape index (κ1) is 24.9. The van der Waals surface area contributed by atoms with E-state index in [0.717, 1.165) is 0 Å². The number of ketones is 1.